The monoisotopic (exact) mass is 194 g/mol. The van der Waals surface area contributed by atoms with Crippen molar-refractivity contribution in [2.24, 2.45) is 0 Å². The van der Waals surface area contributed by atoms with Crippen LogP contribution in [0.15, 0.2) is 24.3 Å². The summed E-state index contributed by atoms with van der Waals surface area (Å²) in [4.78, 5) is 11.2. The average molecular weight is 194 g/mol. The molecule has 1 aromatic carbocycles. The van der Waals surface area contributed by atoms with Gasteiger partial charge in [-0.15, -0.1) is 0 Å². The Morgan fingerprint density at radius 3 is 2.29 bits per heavy atom. The molecule has 0 spiro atoms. The predicted molar refractivity (Wildman–Crippen MR) is 52.8 cm³/mol. The zero-order chi connectivity index (χ0) is 10.6. The van der Waals surface area contributed by atoms with Crippen molar-refractivity contribution in [3.8, 4) is 0 Å². The highest BCUT2D eigenvalue weighted by atomic mass is 16.4. The van der Waals surface area contributed by atoms with Crippen molar-refractivity contribution in [3.63, 3.8) is 0 Å². The first kappa shape index (κ1) is 10.7. The molecule has 14 heavy (non-hydrogen) atoms. The molecule has 0 aliphatic heterocycles. The Morgan fingerprint density at radius 2 is 1.86 bits per heavy atom. The number of hydrogen-bond acceptors (Lipinski definition) is 4. The van der Waals surface area contributed by atoms with Crippen LogP contribution in [0.4, 0.5) is 0 Å². The summed E-state index contributed by atoms with van der Waals surface area (Å²) in [6, 6.07) is 5.99. The van der Waals surface area contributed by atoms with Gasteiger partial charge < -0.3 is 10.0 Å². The van der Waals surface area contributed by atoms with E-state index in [2.05, 4.69) is 10.9 Å². The van der Waals surface area contributed by atoms with E-state index in [0.717, 1.165) is 0 Å². The molecule has 1 aromatic rings. The maximum absolute atomic E-state index is 11.2. The van der Waals surface area contributed by atoms with Crippen LogP contribution < -0.4 is 16.3 Å². The van der Waals surface area contributed by atoms with Crippen molar-refractivity contribution >= 4 is 18.5 Å². The van der Waals surface area contributed by atoms with Crippen LogP contribution >= 0.6 is 0 Å². The second kappa shape index (κ2) is 4.76. The Hall–Kier alpha value is -1.37. The molecule has 74 valence electrons. The van der Waals surface area contributed by atoms with Crippen molar-refractivity contribution in [2.75, 3.05) is 7.05 Å². The van der Waals surface area contributed by atoms with Crippen LogP contribution in [0.5, 0.6) is 0 Å². The lowest BCUT2D eigenvalue weighted by Gasteiger charge is -2.03. The Labute approximate surface area is 81.9 Å². The van der Waals surface area contributed by atoms with E-state index in [1.165, 1.54) is 24.3 Å². The highest BCUT2D eigenvalue weighted by Gasteiger charge is 2.11. The number of rotatable bonds is 3. The van der Waals surface area contributed by atoms with E-state index < -0.39 is 7.12 Å². The molecule has 0 aromatic heterocycles. The summed E-state index contributed by atoms with van der Waals surface area (Å²) < 4.78 is 0. The summed E-state index contributed by atoms with van der Waals surface area (Å²) in [6.07, 6.45) is 0. The molecule has 0 atom stereocenters. The van der Waals surface area contributed by atoms with Gasteiger partial charge >= 0.3 is 7.12 Å². The Kier molecular flexibility index (Phi) is 3.64. The predicted octanol–water partition coefficient (Wildman–Crippen LogP) is -1.77. The van der Waals surface area contributed by atoms with Gasteiger partial charge in [0.1, 0.15) is 0 Å². The SMILES string of the molecule is CNNC(=O)c1ccc(B(O)O)cc1. The molecule has 6 heteroatoms. The fourth-order valence-electron chi connectivity index (χ4n) is 0.992. The fourth-order valence-corrected chi connectivity index (χ4v) is 0.992. The number of nitrogens with one attached hydrogen (secondary N) is 2. The van der Waals surface area contributed by atoms with Crippen molar-refractivity contribution < 1.29 is 14.8 Å². The summed E-state index contributed by atoms with van der Waals surface area (Å²) in [5, 5.41) is 17.6. The molecule has 0 aliphatic rings. The topological polar surface area (TPSA) is 81.6 Å². The largest absolute Gasteiger partial charge is 0.488 e. The van der Waals surface area contributed by atoms with Crippen LogP contribution in [0, 0.1) is 0 Å². The van der Waals surface area contributed by atoms with E-state index in [9.17, 15) is 4.79 Å². The number of amides is 1. The third-order valence-corrected chi connectivity index (χ3v) is 1.71. The minimum absolute atomic E-state index is 0.272. The van der Waals surface area contributed by atoms with E-state index in [4.69, 9.17) is 10.0 Å². The molecule has 0 saturated carbocycles. The van der Waals surface area contributed by atoms with Crippen LogP contribution in [-0.4, -0.2) is 30.1 Å². The lowest BCUT2D eigenvalue weighted by Crippen LogP contribution is -2.35. The normalized spacial score (nSPS) is 9.64. The van der Waals surface area contributed by atoms with Crippen LogP contribution in [0.1, 0.15) is 10.4 Å². The molecule has 0 aliphatic carbocycles. The molecule has 1 rings (SSSR count). The second-order valence-electron chi connectivity index (χ2n) is 2.70. The van der Waals surface area contributed by atoms with Crippen molar-refractivity contribution in [2.45, 2.75) is 0 Å². The van der Waals surface area contributed by atoms with E-state index in [-0.39, 0.29) is 5.91 Å². The molecular formula is C8H11BN2O3. The molecule has 1 amide bonds. The zero-order valence-electron chi connectivity index (χ0n) is 7.69. The van der Waals surface area contributed by atoms with Crippen molar-refractivity contribution in [3.05, 3.63) is 29.8 Å². The Bertz CT molecular complexity index is 313. The van der Waals surface area contributed by atoms with Gasteiger partial charge in [-0.1, -0.05) is 12.1 Å². The van der Waals surface area contributed by atoms with Gasteiger partial charge in [0, 0.05) is 12.6 Å². The molecule has 0 unspecified atom stereocenters. The second-order valence-corrected chi connectivity index (χ2v) is 2.70. The summed E-state index contributed by atoms with van der Waals surface area (Å²) in [5.74, 6) is -0.272. The van der Waals surface area contributed by atoms with E-state index in [0.29, 0.717) is 11.0 Å². The summed E-state index contributed by atoms with van der Waals surface area (Å²) in [7, 11) is 0.0837. The molecule has 5 nitrogen and oxygen atoms in total. The Morgan fingerprint density at radius 1 is 1.29 bits per heavy atom. The highest BCUT2D eigenvalue weighted by molar-refractivity contribution is 6.58. The van der Waals surface area contributed by atoms with Gasteiger partial charge in [-0.05, 0) is 17.6 Å². The minimum atomic E-state index is -1.50. The average Bonchev–Trinajstić information content (AvgIpc) is 2.18. The number of hydrogen-bond donors (Lipinski definition) is 4. The van der Waals surface area contributed by atoms with Gasteiger partial charge in [-0.3, -0.25) is 10.2 Å². The highest BCUT2D eigenvalue weighted by Crippen LogP contribution is 1.96. The minimum Gasteiger partial charge on any atom is -0.423 e. The van der Waals surface area contributed by atoms with Crippen LogP contribution in [0.25, 0.3) is 0 Å². The third-order valence-electron chi connectivity index (χ3n) is 1.71. The molecule has 0 radical (unpaired) electrons. The van der Waals surface area contributed by atoms with Crippen LogP contribution in [0.3, 0.4) is 0 Å². The number of carbonyl (C=O) groups excluding carboxylic acids is 1. The molecule has 0 fully saturated rings. The first-order valence-corrected chi connectivity index (χ1v) is 4.08. The van der Waals surface area contributed by atoms with Crippen molar-refractivity contribution in [1.82, 2.24) is 10.9 Å². The third kappa shape index (κ3) is 2.56. The lowest BCUT2D eigenvalue weighted by atomic mass is 9.80. The maximum atomic E-state index is 11.2. The quantitative estimate of drug-likeness (QED) is 0.339. The number of hydrazine groups is 1. The van der Waals surface area contributed by atoms with Crippen LogP contribution in [0.2, 0.25) is 0 Å². The van der Waals surface area contributed by atoms with Crippen LogP contribution in [-0.2, 0) is 0 Å². The van der Waals surface area contributed by atoms with Gasteiger partial charge in [-0.2, -0.15) is 0 Å². The number of benzene rings is 1. The molecule has 0 saturated heterocycles. The molecule has 0 heterocycles. The van der Waals surface area contributed by atoms with Gasteiger partial charge in [0.25, 0.3) is 5.91 Å². The van der Waals surface area contributed by atoms with Gasteiger partial charge in [0.15, 0.2) is 0 Å². The standard InChI is InChI=1S/C8H11BN2O3/c1-10-11-8(12)6-2-4-7(5-3-6)9(13)14/h2-5,10,13-14H,1H3,(H,11,12). The van der Waals surface area contributed by atoms with E-state index >= 15 is 0 Å². The summed E-state index contributed by atoms with van der Waals surface area (Å²) >= 11 is 0. The first-order chi connectivity index (χ1) is 6.65. The van der Waals surface area contributed by atoms with Crippen molar-refractivity contribution in [1.29, 1.82) is 0 Å². The van der Waals surface area contributed by atoms with E-state index in [1.54, 1.807) is 7.05 Å². The Balaban J connectivity index is 2.78. The number of carbonyl (C=O) groups is 1. The molecular weight excluding hydrogens is 183 g/mol. The lowest BCUT2D eigenvalue weighted by molar-refractivity contribution is 0.0938. The first-order valence-electron chi connectivity index (χ1n) is 4.08. The molecule has 0 bridgehead atoms. The fraction of sp³-hybridized carbons (Fsp3) is 0.125. The smallest absolute Gasteiger partial charge is 0.423 e. The van der Waals surface area contributed by atoms with Gasteiger partial charge in [0.2, 0.25) is 0 Å². The summed E-state index contributed by atoms with van der Waals surface area (Å²) in [5.41, 5.74) is 5.70. The maximum Gasteiger partial charge on any atom is 0.488 e. The van der Waals surface area contributed by atoms with Gasteiger partial charge in [-0.25, -0.2) is 5.43 Å². The van der Waals surface area contributed by atoms with E-state index in [1.807, 2.05) is 0 Å². The van der Waals surface area contributed by atoms with Gasteiger partial charge in [0.05, 0.1) is 0 Å². The summed E-state index contributed by atoms with van der Waals surface area (Å²) in [6.45, 7) is 0. The molecule has 4 N–H and O–H groups in total. The zero-order valence-corrected chi connectivity index (χ0v) is 7.69.